The highest BCUT2D eigenvalue weighted by Gasteiger charge is 2.30. The molecule has 1 nitrogen and oxygen atoms in total. The summed E-state index contributed by atoms with van der Waals surface area (Å²) < 4.78 is 37.9. The molecule has 0 amide bonds. The maximum atomic E-state index is 12.6. The molecule has 1 rings (SSSR count). The number of halogens is 3. The van der Waals surface area contributed by atoms with Gasteiger partial charge in [-0.15, -0.1) is 0 Å². The van der Waals surface area contributed by atoms with Crippen LogP contribution in [0.3, 0.4) is 0 Å². The normalized spacial score (nSPS) is 13.8. The lowest BCUT2D eigenvalue weighted by Crippen LogP contribution is -2.34. The average Bonchev–Trinajstić information content (AvgIpc) is 2.37. The van der Waals surface area contributed by atoms with Crippen molar-refractivity contribution in [1.29, 1.82) is 0 Å². The molecule has 1 N–H and O–H groups in total. The highest BCUT2D eigenvalue weighted by Crippen LogP contribution is 2.29. The Morgan fingerprint density at radius 1 is 1.20 bits per heavy atom. The second-order valence-electron chi connectivity index (χ2n) is 5.54. The van der Waals surface area contributed by atoms with E-state index in [0.717, 1.165) is 31.0 Å². The highest BCUT2D eigenvalue weighted by atomic mass is 19.4. The van der Waals surface area contributed by atoms with E-state index in [0.29, 0.717) is 18.4 Å². The maximum Gasteiger partial charge on any atom is 0.416 e. The first-order valence-electron chi connectivity index (χ1n) is 7.24. The predicted molar refractivity (Wildman–Crippen MR) is 76.7 cm³/mol. The lowest BCUT2D eigenvalue weighted by atomic mass is 9.96. The van der Waals surface area contributed by atoms with E-state index in [2.05, 4.69) is 26.1 Å². The zero-order valence-corrected chi connectivity index (χ0v) is 12.4. The molecular formula is C16H24F3N. The Labute approximate surface area is 119 Å². The molecule has 0 saturated carbocycles. The van der Waals surface area contributed by atoms with Gasteiger partial charge in [-0.25, -0.2) is 0 Å². The number of hydrogen-bond donors (Lipinski definition) is 1. The van der Waals surface area contributed by atoms with Crippen LogP contribution in [0.2, 0.25) is 0 Å². The van der Waals surface area contributed by atoms with E-state index in [9.17, 15) is 13.2 Å². The molecule has 0 bridgehead atoms. The van der Waals surface area contributed by atoms with Gasteiger partial charge in [0.2, 0.25) is 0 Å². The molecule has 0 spiro atoms. The van der Waals surface area contributed by atoms with Crippen molar-refractivity contribution >= 4 is 0 Å². The van der Waals surface area contributed by atoms with Crippen molar-refractivity contribution in [3.05, 3.63) is 35.4 Å². The molecule has 1 atom stereocenters. The monoisotopic (exact) mass is 287 g/mol. The summed E-state index contributed by atoms with van der Waals surface area (Å²) in [5, 5.41) is 3.46. The van der Waals surface area contributed by atoms with Crippen molar-refractivity contribution in [1.82, 2.24) is 5.32 Å². The quantitative estimate of drug-likeness (QED) is 0.769. The summed E-state index contributed by atoms with van der Waals surface area (Å²) in [6, 6.07) is 5.99. The SMILES string of the molecule is CCCNC(CCc1cccc(C(F)(F)F)c1)C(C)C. The highest BCUT2D eigenvalue weighted by molar-refractivity contribution is 5.25. The van der Waals surface area contributed by atoms with Crippen molar-refractivity contribution in [3.63, 3.8) is 0 Å². The van der Waals surface area contributed by atoms with Crippen LogP contribution in [0.15, 0.2) is 24.3 Å². The number of nitrogens with one attached hydrogen (secondary N) is 1. The smallest absolute Gasteiger partial charge is 0.314 e. The molecule has 114 valence electrons. The van der Waals surface area contributed by atoms with Crippen LogP contribution in [0, 0.1) is 5.92 Å². The van der Waals surface area contributed by atoms with Crippen LogP contribution in [0.4, 0.5) is 13.2 Å². The van der Waals surface area contributed by atoms with Crippen molar-refractivity contribution < 1.29 is 13.2 Å². The Hall–Kier alpha value is -1.03. The predicted octanol–water partition coefficient (Wildman–Crippen LogP) is 4.66. The Morgan fingerprint density at radius 2 is 1.90 bits per heavy atom. The minimum Gasteiger partial charge on any atom is -0.314 e. The molecule has 0 aliphatic heterocycles. The number of benzene rings is 1. The molecule has 0 saturated heterocycles. The molecule has 0 aromatic heterocycles. The van der Waals surface area contributed by atoms with E-state index < -0.39 is 11.7 Å². The molecule has 0 radical (unpaired) electrons. The van der Waals surface area contributed by atoms with E-state index in [1.165, 1.54) is 12.1 Å². The first-order valence-corrected chi connectivity index (χ1v) is 7.24. The lowest BCUT2D eigenvalue weighted by molar-refractivity contribution is -0.137. The fourth-order valence-electron chi connectivity index (χ4n) is 2.23. The fraction of sp³-hybridized carbons (Fsp3) is 0.625. The minimum absolute atomic E-state index is 0.351. The van der Waals surface area contributed by atoms with Gasteiger partial charge < -0.3 is 5.32 Å². The van der Waals surface area contributed by atoms with Gasteiger partial charge in [0.05, 0.1) is 5.56 Å². The molecule has 4 heteroatoms. The average molecular weight is 287 g/mol. The molecule has 0 aliphatic carbocycles. The van der Waals surface area contributed by atoms with Crippen molar-refractivity contribution in [2.75, 3.05) is 6.54 Å². The molecule has 0 fully saturated rings. The summed E-state index contributed by atoms with van der Waals surface area (Å²) in [6.45, 7) is 7.33. The van der Waals surface area contributed by atoms with Gasteiger partial charge in [0.15, 0.2) is 0 Å². The number of aryl methyl sites for hydroxylation is 1. The van der Waals surface area contributed by atoms with Gasteiger partial charge >= 0.3 is 6.18 Å². The molecule has 1 aromatic carbocycles. The van der Waals surface area contributed by atoms with Crippen LogP contribution >= 0.6 is 0 Å². The summed E-state index contributed by atoms with van der Waals surface area (Å²) in [5.74, 6) is 0.479. The van der Waals surface area contributed by atoms with E-state index in [1.54, 1.807) is 6.07 Å². The third-order valence-corrected chi connectivity index (χ3v) is 3.46. The van der Waals surface area contributed by atoms with Crippen LogP contribution < -0.4 is 5.32 Å². The van der Waals surface area contributed by atoms with Crippen LogP contribution in [0.5, 0.6) is 0 Å². The Bertz CT molecular complexity index is 399. The first kappa shape index (κ1) is 17.0. The summed E-state index contributed by atoms with van der Waals surface area (Å²) in [7, 11) is 0. The van der Waals surface area contributed by atoms with Crippen LogP contribution in [0.1, 0.15) is 44.7 Å². The van der Waals surface area contributed by atoms with E-state index in [-0.39, 0.29) is 0 Å². The van der Waals surface area contributed by atoms with Gasteiger partial charge in [0.25, 0.3) is 0 Å². The Kier molecular flexibility index (Phi) is 6.53. The van der Waals surface area contributed by atoms with Crippen LogP contribution in [-0.2, 0) is 12.6 Å². The van der Waals surface area contributed by atoms with E-state index in [1.807, 2.05) is 0 Å². The fourth-order valence-corrected chi connectivity index (χ4v) is 2.23. The molecular weight excluding hydrogens is 263 g/mol. The second kappa shape index (κ2) is 7.67. The van der Waals surface area contributed by atoms with E-state index >= 15 is 0 Å². The number of alkyl halides is 3. The summed E-state index contributed by atoms with van der Waals surface area (Å²) >= 11 is 0. The van der Waals surface area contributed by atoms with Gasteiger partial charge in [0, 0.05) is 6.04 Å². The third kappa shape index (κ3) is 5.53. The zero-order valence-electron chi connectivity index (χ0n) is 12.4. The van der Waals surface area contributed by atoms with Crippen LogP contribution in [0.25, 0.3) is 0 Å². The standard InChI is InChI=1S/C16H24F3N/c1-4-10-20-15(12(2)3)9-8-13-6-5-7-14(11-13)16(17,18)19/h5-7,11-12,15,20H,4,8-10H2,1-3H3. The summed E-state index contributed by atoms with van der Waals surface area (Å²) in [4.78, 5) is 0. The maximum absolute atomic E-state index is 12.6. The van der Waals surface area contributed by atoms with Crippen LogP contribution in [-0.4, -0.2) is 12.6 Å². The first-order chi connectivity index (χ1) is 9.34. The van der Waals surface area contributed by atoms with Gasteiger partial charge in [-0.1, -0.05) is 39.0 Å². The Morgan fingerprint density at radius 3 is 2.45 bits per heavy atom. The summed E-state index contributed by atoms with van der Waals surface area (Å²) in [5.41, 5.74) is 0.196. The molecule has 1 aromatic rings. The number of rotatable bonds is 7. The second-order valence-corrected chi connectivity index (χ2v) is 5.54. The lowest BCUT2D eigenvalue weighted by Gasteiger charge is -2.22. The van der Waals surface area contributed by atoms with Crippen molar-refractivity contribution in [2.45, 2.75) is 52.3 Å². The van der Waals surface area contributed by atoms with Gasteiger partial charge in [-0.3, -0.25) is 0 Å². The van der Waals surface area contributed by atoms with Gasteiger partial charge in [0.1, 0.15) is 0 Å². The van der Waals surface area contributed by atoms with Gasteiger partial charge in [-0.05, 0) is 43.4 Å². The summed E-state index contributed by atoms with van der Waals surface area (Å²) in [6.07, 6.45) is -1.66. The van der Waals surface area contributed by atoms with Crippen molar-refractivity contribution in [2.24, 2.45) is 5.92 Å². The molecule has 0 heterocycles. The molecule has 1 unspecified atom stereocenters. The zero-order chi connectivity index (χ0) is 15.2. The van der Waals surface area contributed by atoms with Crippen molar-refractivity contribution in [3.8, 4) is 0 Å². The number of hydrogen-bond acceptors (Lipinski definition) is 1. The largest absolute Gasteiger partial charge is 0.416 e. The van der Waals surface area contributed by atoms with Gasteiger partial charge in [-0.2, -0.15) is 13.2 Å². The molecule has 0 aliphatic rings. The Balaban J connectivity index is 2.64. The molecule has 20 heavy (non-hydrogen) atoms. The third-order valence-electron chi connectivity index (χ3n) is 3.46. The minimum atomic E-state index is -4.26. The topological polar surface area (TPSA) is 12.0 Å². The van der Waals surface area contributed by atoms with E-state index in [4.69, 9.17) is 0 Å².